The molecule has 0 fully saturated rings. The second-order valence-electron chi connectivity index (χ2n) is 6.43. The van der Waals surface area contributed by atoms with E-state index in [0.717, 1.165) is 34.8 Å². The topological polar surface area (TPSA) is 48.0 Å². The maximum atomic E-state index is 12.7. The van der Waals surface area contributed by atoms with Crippen molar-refractivity contribution in [3.8, 4) is 17.2 Å². The molecule has 0 bridgehead atoms. The molecular formula is C21H23NO4. The number of hydrogen-bond acceptors (Lipinski definition) is 4. The quantitative estimate of drug-likeness (QED) is 0.846. The highest BCUT2D eigenvalue weighted by Gasteiger charge is 2.37. The molecule has 0 spiro atoms. The second-order valence-corrected chi connectivity index (χ2v) is 6.43. The number of nitrogens with zero attached hydrogens (tertiary/aromatic N) is 1. The van der Waals surface area contributed by atoms with E-state index in [1.807, 2.05) is 49.1 Å². The summed E-state index contributed by atoms with van der Waals surface area (Å²) in [5.41, 5.74) is 3.31. The SMILES string of the molecule is CCOc1cc2c(cc1OCC)[C@@H]1c3ccccc3OCC(=O)N1CC2. The van der Waals surface area contributed by atoms with Crippen LogP contribution < -0.4 is 14.2 Å². The van der Waals surface area contributed by atoms with Crippen LogP contribution in [0.1, 0.15) is 36.6 Å². The Bertz CT molecular complexity index is 833. The van der Waals surface area contributed by atoms with Crippen LogP contribution in [-0.2, 0) is 11.2 Å². The number of ether oxygens (including phenoxy) is 3. The predicted molar refractivity (Wildman–Crippen MR) is 98.0 cm³/mol. The summed E-state index contributed by atoms with van der Waals surface area (Å²) >= 11 is 0. The fraction of sp³-hybridized carbons (Fsp3) is 0.381. The van der Waals surface area contributed by atoms with E-state index in [-0.39, 0.29) is 18.6 Å². The number of para-hydroxylation sites is 1. The van der Waals surface area contributed by atoms with Crippen molar-refractivity contribution in [2.45, 2.75) is 26.3 Å². The fourth-order valence-corrected chi connectivity index (χ4v) is 3.83. The Morgan fingerprint density at radius 1 is 1.08 bits per heavy atom. The van der Waals surface area contributed by atoms with E-state index in [4.69, 9.17) is 14.2 Å². The third-order valence-corrected chi connectivity index (χ3v) is 4.92. The molecule has 0 saturated carbocycles. The Balaban J connectivity index is 1.88. The Hall–Kier alpha value is -2.69. The van der Waals surface area contributed by atoms with E-state index in [0.29, 0.717) is 19.8 Å². The first-order chi connectivity index (χ1) is 12.7. The van der Waals surface area contributed by atoms with E-state index in [2.05, 4.69) is 6.07 Å². The fourth-order valence-electron chi connectivity index (χ4n) is 3.83. The first-order valence-corrected chi connectivity index (χ1v) is 9.16. The normalized spacial score (nSPS) is 18.2. The van der Waals surface area contributed by atoms with Gasteiger partial charge in [0.1, 0.15) is 5.75 Å². The van der Waals surface area contributed by atoms with Crippen molar-refractivity contribution in [2.24, 2.45) is 0 Å². The zero-order valence-electron chi connectivity index (χ0n) is 15.2. The van der Waals surface area contributed by atoms with Gasteiger partial charge in [0.05, 0.1) is 19.3 Å². The molecule has 1 amide bonds. The lowest BCUT2D eigenvalue weighted by molar-refractivity contribution is -0.134. The van der Waals surface area contributed by atoms with E-state index >= 15 is 0 Å². The largest absolute Gasteiger partial charge is 0.490 e. The molecule has 1 atom stereocenters. The first-order valence-electron chi connectivity index (χ1n) is 9.16. The van der Waals surface area contributed by atoms with Gasteiger partial charge in [0.25, 0.3) is 5.91 Å². The molecule has 0 unspecified atom stereocenters. The summed E-state index contributed by atoms with van der Waals surface area (Å²) in [6.07, 6.45) is 0.798. The first kappa shape index (κ1) is 16.8. The van der Waals surface area contributed by atoms with Crippen LogP contribution in [0.15, 0.2) is 36.4 Å². The Kier molecular flexibility index (Phi) is 4.45. The van der Waals surface area contributed by atoms with Crippen molar-refractivity contribution in [3.05, 3.63) is 53.1 Å². The molecule has 26 heavy (non-hydrogen) atoms. The molecule has 2 aliphatic rings. The third-order valence-electron chi connectivity index (χ3n) is 4.92. The highest BCUT2D eigenvalue weighted by atomic mass is 16.5. The van der Waals surface area contributed by atoms with Gasteiger partial charge in [-0.3, -0.25) is 4.79 Å². The number of rotatable bonds is 4. The van der Waals surface area contributed by atoms with Gasteiger partial charge in [-0.1, -0.05) is 18.2 Å². The third kappa shape index (κ3) is 2.77. The summed E-state index contributed by atoms with van der Waals surface area (Å²) in [5, 5.41) is 0. The summed E-state index contributed by atoms with van der Waals surface area (Å²) < 4.78 is 17.4. The molecule has 0 aliphatic carbocycles. The minimum Gasteiger partial charge on any atom is -0.490 e. The maximum Gasteiger partial charge on any atom is 0.261 e. The lowest BCUT2D eigenvalue weighted by Crippen LogP contribution is -2.41. The molecule has 2 aliphatic heterocycles. The van der Waals surface area contributed by atoms with Gasteiger partial charge in [-0.05, 0) is 49.6 Å². The molecule has 136 valence electrons. The van der Waals surface area contributed by atoms with Gasteiger partial charge < -0.3 is 19.1 Å². The zero-order valence-corrected chi connectivity index (χ0v) is 15.2. The van der Waals surface area contributed by atoms with Gasteiger partial charge in [-0.25, -0.2) is 0 Å². The minimum absolute atomic E-state index is 0.0173. The molecule has 0 N–H and O–H groups in total. The number of hydrogen-bond donors (Lipinski definition) is 0. The highest BCUT2D eigenvalue weighted by molar-refractivity contribution is 5.80. The van der Waals surface area contributed by atoms with Crippen LogP contribution in [0.25, 0.3) is 0 Å². The number of carbonyl (C=O) groups is 1. The lowest BCUT2D eigenvalue weighted by Gasteiger charge is -2.36. The van der Waals surface area contributed by atoms with Crippen molar-refractivity contribution >= 4 is 5.91 Å². The zero-order chi connectivity index (χ0) is 18.1. The van der Waals surface area contributed by atoms with Crippen molar-refractivity contribution < 1.29 is 19.0 Å². The van der Waals surface area contributed by atoms with Crippen LogP contribution >= 0.6 is 0 Å². The Labute approximate surface area is 153 Å². The Morgan fingerprint density at radius 2 is 1.81 bits per heavy atom. The second kappa shape index (κ2) is 6.90. The van der Waals surface area contributed by atoms with Crippen LogP contribution in [0.5, 0.6) is 17.2 Å². The van der Waals surface area contributed by atoms with Gasteiger partial charge in [0.2, 0.25) is 0 Å². The molecule has 5 heteroatoms. The summed E-state index contributed by atoms with van der Waals surface area (Å²) in [4.78, 5) is 14.6. The average Bonchev–Trinajstić information content (AvgIpc) is 2.80. The van der Waals surface area contributed by atoms with Gasteiger partial charge in [0, 0.05) is 12.1 Å². The standard InChI is InChI=1S/C21H23NO4/c1-3-24-18-11-14-9-10-22-20(23)13-26-17-8-6-5-7-15(17)21(22)16(14)12-19(18)25-4-2/h5-8,11-12,21H,3-4,9-10,13H2,1-2H3/t21-/m0/s1. The number of benzene rings is 2. The summed E-state index contributed by atoms with van der Waals surface area (Å²) in [6, 6.07) is 11.8. The van der Waals surface area contributed by atoms with E-state index in [1.54, 1.807) is 0 Å². The molecule has 0 saturated heterocycles. The van der Waals surface area contributed by atoms with Crippen LogP contribution in [-0.4, -0.2) is 37.2 Å². The van der Waals surface area contributed by atoms with Gasteiger partial charge >= 0.3 is 0 Å². The van der Waals surface area contributed by atoms with Crippen LogP contribution in [0.2, 0.25) is 0 Å². The van der Waals surface area contributed by atoms with Gasteiger partial charge in [0.15, 0.2) is 18.1 Å². The summed E-state index contributed by atoms with van der Waals surface area (Å²) in [5.74, 6) is 2.29. The molecule has 0 aromatic heterocycles. The molecule has 2 aromatic rings. The number of carbonyl (C=O) groups excluding carboxylic acids is 1. The lowest BCUT2D eigenvalue weighted by atomic mass is 9.87. The van der Waals surface area contributed by atoms with Crippen molar-refractivity contribution in [3.63, 3.8) is 0 Å². The van der Waals surface area contributed by atoms with E-state index in [9.17, 15) is 4.79 Å². The van der Waals surface area contributed by atoms with Crippen LogP contribution in [0.3, 0.4) is 0 Å². The number of amides is 1. The molecule has 4 rings (SSSR count). The molecular weight excluding hydrogens is 330 g/mol. The van der Waals surface area contributed by atoms with E-state index in [1.165, 1.54) is 5.56 Å². The average molecular weight is 353 g/mol. The van der Waals surface area contributed by atoms with Crippen molar-refractivity contribution in [1.29, 1.82) is 0 Å². The molecule has 5 nitrogen and oxygen atoms in total. The molecule has 2 heterocycles. The van der Waals surface area contributed by atoms with Crippen molar-refractivity contribution in [1.82, 2.24) is 4.90 Å². The summed E-state index contributed by atoms with van der Waals surface area (Å²) in [7, 11) is 0. The van der Waals surface area contributed by atoms with Crippen molar-refractivity contribution in [2.75, 3.05) is 26.4 Å². The van der Waals surface area contributed by atoms with E-state index < -0.39 is 0 Å². The minimum atomic E-state index is -0.153. The monoisotopic (exact) mass is 353 g/mol. The summed E-state index contributed by atoms with van der Waals surface area (Å²) in [6.45, 7) is 5.83. The Morgan fingerprint density at radius 3 is 2.58 bits per heavy atom. The maximum absolute atomic E-state index is 12.7. The molecule has 0 radical (unpaired) electrons. The van der Waals surface area contributed by atoms with Crippen LogP contribution in [0, 0.1) is 0 Å². The predicted octanol–water partition coefficient (Wildman–Crippen LogP) is 3.35. The molecule has 2 aromatic carbocycles. The van der Waals surface area contributed by atoms with Crippen LogP contribution in [0.4, 0.5) is 0 Å². The van der Waals surface area contributed by atoms with Gasteiger partial charge in [-0.2, -0.15) is 0 Å². The highest BCUT2D eigenvalue weighted by Crippen LogP contribution is 2.44. The van der Waals surface area contributed by atoms with Gasteiger partial charge in [-0.15, -0.1) is 0 Å². The smallest absolute Gasteiger partial charge is 0.261 e. The number of fused-ring (bicyclic) bond motifs is 5.